The zero-order valence-electron chi connectivity index (χ0n) is 10.5. The minimum absolute atomic E-state index is 0.00639. The molecule has 20 heavy (non-hydrogen) atoms. The summed E-state index contributed by atoms with van der Waals surface area (Å²) in [5.41, 5.74) is 0.581. The first kappa shape index (κ1) is 14.6. The maximum Gasteiger partial charge on any atom is 0.295 e. The summed E-state index contributed by atoms with van der Waals surface area (Å²) in [5.74, 6) is -0.424. The topological polar surface area (TPSA) is 60.2 Å². The van der Waals surface area contributed by atoms with Crippen LogP contribution in [0.3, 0.4) is 0 Å². The number of halogens is 1. The molecule has 0 aliphatic carbocycles. The van der Waals surface area contributed by atoms with E-state index in [-0.39, 0.29) is 21.2 Å². The van der Waals surface area contributed by atoms with Crippen molar-refractivity contribution in [3.63, 3.8) is 0 Å². The standard InChI is InChI=1S/C14H10ClNO3S/c1-8-7-10(12(16(18)19)14(20)11(8)15)13(17)9-5-3-2-4-6-9/h2-7,20H,1H3. The van der Waals surface area contributed by atoms with Crippen molar-refractivity contribution < 1.29 is 9.72 Å². The Hall–Kier alpha value is -1.85. The quantitative estimate of drug-likeness (QED) is 0.402. The molecule has 0 amide bonds. The van der Waals surface area contributed by atoms with E-state index in [0.717, 1.165) is 0 Å². The van der Waals surface area contributed by atoms with E-state index in [9.17, 15) is 14.9 Å². The molecule has 0 atom stereocenters. The largest absolute Gasteiger partial charge is 0.295 e. The van der Waals surface area contributed by atoms with Crippen molar-refractivity contribution in [3.05, 3.63) is 68.2 Å². The van der Waals surface area contributed by atoms with Gasteiger partial charge in [-0.3, -0.25) is 14.9 Å². The maximum absolute atomic E-state index is 12.4. The summed E-state index contributed by atoms with van der Waals surface area (Å²) in [6.45, 7) is 1.67. The SMILES string of the molecule is Cc1cc(C(=O)c2ccccc2)c([N+](=O)[O-])c(S)c1Cl. The number of nitrogens with zero attached hydrogens (tertiary/aromatic N) is 1. The second kappa shape index (κ2) is 5.64. The van der Waals surface area contributed by atoms with E-state index in [1.54, 1.807) is 37.3 Å². The van der Waals surface area contributed by atoms with Crippen molar-refractivity contribution in [2.24, 2.45) is 0 Å². The zero-order chi connectivity index (χ0) is 14.9. The van der Waals surface area contributed by atoms with Gasteiger partial charge >= 0.3 is 0 Å². The van der Waals surface area contributed by atoms with Crippen LogP contribution in [0.15, 0.2) is 41.3 Å². The van der Waals surface area contributed by atoms with Crippen molar-refractivity contribution in [2.75, 3.05) is 0 Å². The molecule has 2 rings (SSSR count). The predicted octanol–water partition coefficient (Wildman–Crippen LogP) is 4.08. The summed E-state index contributed by atoms with van der Waals surface area (Å²) in [6.07, 6.45) is 0. The number of ketones is 1. The first-order chi connectivity index (χ1) is 9.43. The Morgan fingerprint density at radius 2 is 1.90 bits per heavy atom. The van der Waals surface area contributed by atoms with E-state index in [4.69, 9.17) is 11.6 Å². The van der Waals surface area contributed by atoms with Gasteiger partial charge in [0.05, 0.1) is 9.95 Å². The highest BCUT2D eigenvalue weighted by molar-refractivity contribution is 7.80. The van der Waals surface area contributed by atoms with Crippen molar-refractivity contribution >= 4 is 35.7 Å². The lowest BCUT2D eigenvalue weighted by atomic mass is 10.00. The van der Waals surface area contributed by atoms with Gasteiger partial charge in [-0.2, -0.15) is 0 Å². The maximum atomic E-state index is 12.4. The first-order valence-electron chi connectivity index (χ1n) is 5.69. The van der Waals surface area contributed by atoms with Crippen molar-refractivity contribution in [3.8, 4) is 0 Å². The van der Waals surface area contributed by atoms with E-state index in [1.165, 1.54) is 6.07 Å². The fourth-order valence-electron chi connectivity index (χ4n) is 1.87. The van der Waals surface area contributed by atoms with E-state index in [0.29, 0.717) is 11.1 Å². The normalized spacial score (nSPS) is 10.3. The molecule has 4 nitrogen and oxygen atoms in total. The fraction of sp³-hybridized carbons (Fsp3) is 0.0714. The number of carbonyl (C=O) groups is 1. The number of hydrogen-bond acceptors (Lipinski definition) is 4. The Balaban J connectivity index is 2.68. The van der Waals surface area contributed by atoms with E-state index in [1.807, 2.05) is 0 Å². The summed E-state index contributed by atoms with van der Waals surface area (Å²) in [7, 11) is 0. The molecule has 0 fully saturated rings. The third kappa shape index (κ3) is 2.55. The molecule has 0 saturated heterocycles. The van der Waals surface area contributed by atoms with Gasteiger partial charge in [0, 0.05) is 5.56 Å². The van der Waals surface area contributed by atoms with E-state index < -0.39 is 10.7 Å². The third-order valence-corrected chi connectivity index (χ3v) is 3.91. The Morgan fingerprint density at radius 3 is 2.45 bits per heavy atom. The molecule has 0 unspecified atom stereocenters. The summed E-state index contributed by atoms with van der Waals surface area (Å²) >= 11 is 10.0. The summed E-state index contributed by atoms with van der Waals surface area (Å²) in [6, 6.07) is 9.80. The average molecular weight is 308 g/mol. The number of thiol groups is 1. The molecule has 0 heterocycles. The lowest BCUT2D eigenvalue weighted by Gasteiger charge is -2.08. The van der Waals surface area contributed by atoms with Gasteiger partial charge in [-0.1, -0.05) is 41.9 Å². The highest BCUT2D eigenvalue weighted by Gasteiger charge is 2.27. The van der Waals surface area contributed by atoms with Crippen LogP contribution in [0.4, 0.5) is 5.69 Å². The molecule has 0 spiro atoms. The molecule has 2 aromatic rings. The second-order valence-electron chi connectivity index (χ2n) is 4.20. The molecule has 0 radical (unpaired) electrons. The Kier molecular flexibility index (Phi) is 4.11. The van der Waals surface area contributed by atoms with Gasteiger partial charge < -0.3 is 0 Å². The molecule has 0 bridgehead atoms. The van der Waals surface area contributed by atoms with Crippen molar-refractivity contribution in [2.45, 2.75) is 11.8 Å². The number of hydrogen-bond donors (Lipinski definition) is 1. The van der Waals surface area contributed by atoms with Crippen LogP contribution in [0, 0.1) is 17.0 Å². The molecule has 2 aromatic carbocycles. The van der Waals surface area contributed by atoms with Crippen LogP contribution in [-0.4, -0.2) is 10.7 Å². The number of benzene rings is 2. The van der Waals surface area contributed by atoms with E-state index >= 15 is 0 Å². The highest BCUT2D eigenvalue weighted by atomic mass is 35.5. The van der Waals surface area contributed by atoms with Gasteiger partial charge in [0.1, 0.15) is 10.5 Å². The van der Waals surface area contributed by atoms with Crippen LogP contribution >= 0.6 is 24.2 Å². The predicted molar refractivity (Wildman–Crippen MR) is 80.0 cm³/mol. The van der Waals surface area contributed by atoms with Crippen LogP contribution in [0.1, 0.15) is 21.5 Å². The summed E-state index contributed by atoms with van der Waals surface area (Å²) < 4.78 is 0. The van der Waals surface area contributed by atoms with Gasteiger partial charge in [-0.05, 0) is 18.6 Å². The van der Waals surface area contributed by atoms with Gasteiger partial charge in [0.25, 0.3) is 5.69 Å². The molecule has 0 saturated carbocycles. The Morgan fingerprint density at radius 1 is 1.30 bits per heavy atom. The van der Waals surface area contributed by atoms with E-state index in [2.05, 4.69) is 12.6 Å². The van der Waals surface area contributed by atoms with Gasteiger partial charge in [0.15, 0.2) is 5.78 Å². The van der Waals surface area contributed by atoms with Crippen LogP contribution in [0.5, 0.6) is 0 Å². The number of nitro benzene ring substituents is 1. The number of nitro groups is 1. The van der Waals surface area contributed by atoms with Crippen LogP contribution in [-0.2, 0) is 0 Å². The summed E-state index contributed by atoms with van der Waals surface area (Å²) in [5, 5.41) is 11.4. The number of carbonyl (C=O) groups excluding carboxylic acids is 1. The molecule has 0 aliphatic heterocycles. The van der Waals surface area contributed by atoms with Crippen molar-refractivity contribution in [1.29, 1.82) is 0 Å². The zero-order valence-corrected chi connectivity index (χ0v) is 12.1. The van der Waals surface area contributed by atoms with Crippen molar-refractivity contribution in [1.82, 2.24) is 0 Å². The molecule has 0 aromatic heterocycles. The van der Waals surface area contributed by atoms with Crippen LogP contribution in [0.2, 0.25) is 5.02 Å². The number of rotatable bonds is 3. The molecule has 102 valence electrons. The monoisotopic (exact) mass is 307 g/mol. The highest BCUT2D eigenvalue weighted by Crippen LogP contribution is 2.36. The fourth-order valence-corrected chi connectivity index (χ4v) is 2.39. The second-order valence-corrected chi connectivity index (χ2v) is 5.03. The average Bonchev–Trinajstić information content (AvgIpc) is 2.44. The van der Waals surface area contributed by atoms with Crippen LogP contribution < -0.4 is 0 Å². The Bertz CT molecular complexity index is 701. The lowest BCUT2D eigenvalue weighted by molar-refractivity contribution is -0.387. The smallest absolute Gasteiger partial charge is 0.288 e. The Labute approximate surface area is 125 Å². The van der Waals surface area contributed by atoms with Gasteiger partial charge in [0.2, 0.25) is 0 Å². The molecule has 6 heteroatoms. The van der Waals surface area contributed by atoms with Gasteiger partial charge in [-0.15, -0.1) is 12.6 Å². The third-order valence-electron chi connectivity index (χ3n) is 2.86. The molecular weight excluding hydrogens is 298 g/mol. The minimum atomic E-state index is -0.635. The minimum Gasteiger partial charge on any atom is -0.288 e. The molecule has 0 aliphatic rings. The molecule has 0 N–H and O–H groups in total. The lowest BCUT2D eigenvalue weighted by Crippen LogP contribution is -2.07. The molecular formula is C14H10ClNO3S. The number of aryl methyl sites for hydroxylation is 1. The van der Waals surface area contributed by atoms with Crippen LogP contribution in [0.25, 0.3) is 0 Å². The summed E-state index contributed by atoms with van der Waals surface area (Å²) in [4.78, 5) is 23.0. The van der Waals surface area contributed by atoms with Gasteiger partial charge in [-0.25, -0.2) is 0 Å². The first-order valence-corrected chi connectivity index (χ1v) is 6.52.